The van der Waals surface area contributed by atoms with Gasteiger partial charge < -0.3 is 28.8 Å². The molecule has 1 atom stereocenters. The van der Waals surface area contributed by atoms with Crippen molar-refractivity contribution in [1.29, 1.82) is 0 Å². The summed E-state index contributed by atoms with van der Waals surface area (Å²) >= 11 is 1.61. The minimum absolute atomic E-state index is 0.238. The molecule has 35 heavy (non-hydrogen) atoms. The lowest BCUT2D eigenvalue weighted by Gasteiger charge is -2.24. The number of hydrogen-bond acceptors (Lipinski definition) is 8. The molecule has 1 fully saturated rings. The highest BCUT2D eigenvalue weighted by molar-refractivity contribution is 8.00. The lowest BCUT2D eigenvalue weighted by molar-refractivity contribution is 0.0746. The van der Waals surface area contributed by atoms with Crippen molar-refractivity contribution in [2.24, 2.45) is 0 Å². The fraction of sp³-hybridized carbons (Fsp3) is 0.320. The van der Waals surface area contributed by atoms with Crippen molar-refractivity contribution in [3.8, 4) is 28.6 Å². The van der Waals surface area contributed by atoms with E-state index in [1.807, 2.05) is 18.2 Å². The summed E-state index contributed by atoms with van der Waals surface area (Å²) in [5, 5.41) is 2.71. The van der Waals surface area contributed by atoms with E-state index in [1.54, 1.807) is 55.0 Å². The highest BCUT2D eigenvalue weighted by Crippen LogP contribution is 2.34. The lowest BCUT2D eigenvalue weighted by atomic mass is 10.1. The van der Waals surface area contributed by atoms with Crippen molar-refractivity contribution in [3.05, 3.63) is 59.6 Å². The van der Waals surface area contributed by atoms with E-state index in [4.69, 9.17) is 18.6 Å². The highest BCUT2D eigenvalue weighted by Gasteiger charge is 2.34. The molecule has 0 spiro atoms. The SMILES string of the molecule is COc1cccc(-c2oc(C)nc2C(=O)N2CCSC2CNC(=O)c2cccc3c2OCCO3)c1. The Balaban J connectivity index is 1.32. The zero-order chi connectivity index (χ0) is 24.4. The van der Waals surface area contributed by atoms with Crippen LogP contribution in [0.4, 0.5) is 0 Å². The van der Waals surface area contributed by atoms with Crippen LogP contribution >= 0.6 is 11.8 Å². The second-order valence-corrected chi connectivity index (χ2v) is 9.29. The number of nitrogens with zero attached hydrogens (tertiary/aromatic N) is 2. The zero-order valence-electron chi connectivity index (χ0n) is 19.4. The molecular formula is C25H25N3O6S. The van der Waals surface area contributed by atoms with Crippen molar-refractivity contribution >= 4 is 23.6 Å². The average Bonchev–Trinajstić information content (AvgIpc) is 3.53. The van der Waals surface area contributed by atoms with E-state index < -0.39 is 0 Å². The molecule has 0 bridgehead atoms. The summed E-state index contributed by atoms with van der Waals surface area (Å²) in [7, 11) is 1.58. The fourth-order valence-corrected chi connectivity index (χ4v) is 5.27. The van der Waals surface area contributed by atoms with Crippen LogP contribution in [0.3, 0.4) is 0 Å². The van der Waals surface area contributed by atoms with E-state index in [2.05, 4.69) is 10.3 Å². The van der Waals surface area contributed by atoms with Gasteiger partial charge in [-0.15, -0.1) is 11.8 Å². The molecule has 2 aromatic carbocycles. The predicted octanol–water partition coefficient (Wildman–Crippen LogP) is 3.37. The topological polar surface area (TPSA) is 103 Å². The summed E-state index contributed by atoms with van der Waals surface area (Å²) in [5.74, 6) is 2.71. The summed E-state index contributed by atoms with van der Waals surface area (Å²) in [6.07, 6.45) is 0. The van der Waals surface area contributed by atoms with Gasteiger partial charge in [-0.1, -0.05) is 18.2 Å². The molecule has 1 aromatic heterocycles. The van der Waals surface area contributed by atoms with Crippen LogP contribution in [0.1, 0.15) is 26.7 Å². The van der Waals surface area contributed by atoms with E-state index in [0.29, 0.717) is 59.8 Å². The van der Waals surface area contributed by atoms with Gasteiger partial charge in [-0.2, -0.15) is 0 Å². The average molecular weight is 496 g/mol. The van der Waals surface area contributed by atoms with Gasteiger partial charge in [-0.05, 0) is 24.3 Å². The molecule has 0 aliphatic carbocycles. The van der Waals surface area contributed by atoms with Crippen LogP contribution in [0.2, 0.25) is 0 Å². The van der Waals surface area contributed by atoms with Crippen LogP contribution in [0.15, 0.2) is 46.9 Å². The molecule has 1 N–H and O–H groups in total. The molecule has 182 valence electrons. The standard InChI is InChI=1S/C25H25N3O6S/c1-15-27-21(22(34-15)16-5-3-6-17(13-16)31-2)25(30)28-9-12-35-20(28)14-26-24(29)18-7-4-8-19-23(18)33-11-10-32-19/h3-8,13,20H,9-12,14H2,1-2H3,(H,26,29). The maximum Gasteiger partial charge on any atom is 0.277 e. The zero-order valence-corrected chi connectivity index (χ0v) is 20.2. The number of methoxy groups -OCH3 is 1. The smallest absolute Gasteiger partial charge is 0.277 e. The molecule has 0 radical (unpaired) electrons. The van der Waals surface area contributed by atoms with Gasteiger partial charge in [0.2, 0.25) is 0 Å². The molecule has 2 amide bonds. The van der Waals surface area contributed by atoms with Gasteiger partial charge in [0.1, 0.15) is 19.0 Å². The van der Waals surface area contributed by atoms with Crippen LogP contribution in [0.5, 0.6) is 17.2 Å². The van der Waals surface area contributed by atoms with Crippen LogP contribution in [0.25, 0.3) is 11.3 Å². The Bertz CT molecular complexity index is 1260. The molecule has 10 heteroatoms. The predicted molar refractivity (Wildman–Crippen MR) is 130 cm³/mol. The number of fused-ring (bicyclic) bond motifs is 1. The van der Waals surface area contributed by atoms with Crippen LogP contribution in [-0.4, -0.2) is 66.2 Å². The number of aryl methyl sites for hydroxylation is 1. The molecule has 3 heterocycles. The molecule has 1 unspecified atom stereocenters. The van der Waals surface area contributed by atoms with Gasteiger partial charge in [0.05, 0.1) is 18.0 Å². The Kier molecular flexibility index (Phi) is 6.54. The number of carbonyl (C=O) groups excluding carboxylic acids is 2. The maximum atomic E-state index is 13.5. The third kappa shape index (κ3) is 4.66. The molecule has 0 saturated carbocycles. The number of rotatable bonds is 6. The van der Waals surface area contributed by atoms with E-state index >= 15 is 0 Å². The fourth-order valence-electron chi connectivity index (χ4n) is 4.12. The van der Waals surface area contributed by atoms with Gasteiger partial charge in [0.25, 0.3) is 11.8 Å². The number of ether oxygens (including phenoxy) is 3. The minimum atomic E-state index is -0.276. The maximum absolute atomic E-state index is 13.5. The lowest BCUT2D eigenvalue weighted by Crippen LogP contribution is -2.42. The number of para-hydroxylation sites is 1. The normalized spacial score (nSPS) is 16.7. The van der Waals surface area contributed by atoms with E-state index in [9.17, 15) is 9.59 Å². The largest absolute Gasteiger partial charge is 0.497 e. The number of aromatic nitrogens is 1. The Morgan fingerprint density at radius 1 is 1.20 bits per heavy atom. The number of oxazole rings is 1. The van der Waals surface area contributed by atoms with Crippen molar-refractivity contribution in [2.45, 2.75) is 12.3 Å². The summed E-state index contributed by atoms with van der Waals surface area (Å²) in [6, 6.07) is 12.5. The van der Waals surface area contributed by atoms with Crippen LogP contribution in [0, 0.1) is 6.92 Å². The number of benzene rings is 2. The Morgan fingerprint density at radius 3 is 2.89 bits per heavy atom. The third-order valence-electron chi connectivity index (χ3n) is 5.77. The summed E-state index contributed by atoms with van der Waals surface area (Å²) in [4.78, 5) is 32.6. The number of hydrogen-bond donors (Lipinski definition) is 1. The van der Waals surface area contributed by atoms with Gasteiger partial charge in [0.15, 0.2) is 28.8 Å². The summed E-state index contributed by atoms with van der Waals surface area (Å²) in [6.45, 7) is 3.39. The first kappa shape index (κ1) is 23.1. The molecule has 9 nitrogen and oxygen atoms in total. The van der Waals surface area contributed by atoms with E-state index in [0.717, 1.165) is 5.75 Å². The molecular weight excluding hydrogens is 470 g/mol. The second-order valence-electron chi connectivity index (χ2n) is 8.01. The number of thioether (sulfide) groups is 1. The summed E-state index contributed by atoms with van der Waals surface area (Å²) < 4.78 is 22.3. The Labute approximate surface area is 206 Å². The molecule has 5 rings (SSSR count). The first-order chi connectivity index (χ1) is 17.0. The van der Waals surface area contributed by atoms with Crippen molar-refractivity contribution in [1.82, 2.24) is 15.2 Å². The molecule has 2 aliphatic heterocycles. The van der Waals surface area contributed by atoms with Gasteiger partial charge in [-0.3, -0.25) is 9.59 Å². The van der Waals surface area contributed by atoms with E-state index in [-0.39, 0.29) is 29.4 Å². The summed E-state index contributed by atoms with van der Waals surface area (Å²) in [5.41, 5.74) is 1.37. The monoisotopic (exact) mass is 495 g/mol. The van der Waals surface area contributed by atoms with Gasteiger partial charge in [0, 0.05) is 31.3 Å². The minimum Gasteiger partial charge on any atom is -0.497 e. The van der Waals surface area contributed by atoms with Crippen LogP contribution in [-0.2, 0) is 0 Å². The molecule has 2 aliphatic rings. The first-order valence-corrected chi connectivity index (χ1v) is 12.3. The third-order valence-corrected chi connectivity index (χ3v) is 6.99. The van der Waals surface area contributed by atoms with Crippen molar-refractivity contribution < 1.29 is 28.2 Å². The first-order valence-electron chi connectivity index (χ1n) is 11.3. The Morgan fingerprint density at radius 2 is 2.03 bits per heavy atom. The Hall–Kier alpha value is -3.66. The second kappa shape index (κ2) is 9.91. The van der Waals surface area contributed by atoms with Gasteiger partial charge in [-0.25, -0.2) is 4.98 Å². The molecule has 3 aromatic rings. The van der Waals surface area contributed by atoms with Crippen molar-refractivity contribution in [3.63, 3.8) is 0 Å². The molecule has 1 saturated heterocycles. The van der Waals surface area contributed by atoms with Gasteiger partial charge >= 0.3 is 0 Å². The number of nitrogens with one attached hydrogen (secondary N) is 1. The van der Waals surface area contributed by atoms with E-state index in [1.165, 1.54) is 0 Å². The highest BCUT2D eigenvalue weighted by atomic mass is 32.2. The van der Waals surface area contributed by atoms with Crippen molar-refractivity contribution in [2.75, 3.05) is 39.2 Å². The van der Waals surface area contributed by atoms with Crippen LogP contribution < -0.4 is 19.5 Å². The number of amides is 2. The quantitative estimate of drug-likeness (QED) is 0.555. The number of carbonyl (C=O) groups is 2.